The molecular formula is C20H24N2O. The lowest BCUT2D eigenvalue weighted by molar-refractivity contribution is -0.116. The second-order valence-corrected chi connectivity index (χ2v) is 6.38. The summed E-state index contributed by atoms with van der Waals surface area (Å²) < 4.78 is 0. The Bertz CT molecular complexity index is 709. The maximum atomic E-state index is 12.4. The van der Waals surface area contributed by atoms with Gasteiger partial charge in [0, 0.05) is 11.4 Å². The van der Waals surface area contributed by atoms with Crippen molar-refractivity contribution < 1.29 is 4.79 Å². The van der Waals surface area contributed by atoms with Crippen LogP contribution in [0.1, 0.15) is 36.5 Å². The zero-order chi connectivity index (χ0) is 16.2. The number of hydrogen-bond acceptors (Lipinski definition) is 2. The highest BCUT2D eigenvalue weighted by Gasteiger charge is 2.17. The monoisotopic (exact) mass is 308 g/mol. The Hall–Kier alpha value is -2.29. The van der Waals surface area contributed by atoms with Crippen LogP contribution in [0.5, 0.6) is 0 Å². The molecular weight excluding hydrogens is 284 g/mol. The van der Waals surface area contributed by atoms with Crippen molar-refractivity contribution in [2.24, 2.45) is 0 Å². The smallest absolute Gasteiger partial charge is 0.246 e. The van der Waals surface area contributed by atoms with E-state index in [2.05, 4.69) is 28.8 Å². The van der Waals surface area contributed by atoms with Crippen molar-refractivity contribution in [1.82, 2.24) is 0 Å². The zero-order valence-corrected chi connectivity index (χ0v) is 13.9. The standard InChI is InChI=1S/C20H24N2O/c1-14-7-5-10-17(13-14)22-20(23)15(2)21-19-12-6-9-16-8-3-4-11-18(16)19/h5-7,9-10,12-13,15,21H,3-4,8,11H2,1-2H3,(H,22,23). The van der Waals surface area contributed by atoms with Crippen LogP contribution in [0.25, 0.3) is 0 Å². The fourth-order valence-electron chi connectivity index (χ4n) is 3.19. The minimum atomic E-state index is -0.274. The molecule has 0 saturated heterocycles. The Morgan fingerprint density at radius 1 is 1.09 bits per heavy atom. The minimum Gasteiger partial charge on any atom is -0.374 e. The molecule has 0 heterocycles. The molecule has 1 aliphatic rings. The molecule has 120 valence electrons. The lowest BCUT2D eigenvalue weighted by Crippen LogP contribution is -2.32. The highest BCUT2D eigenvalue weighted by atomic mass is 16.2. The molecule has 2 aromatic carbocycles. The van der Waals surface area contributed by atoms with Gasteiger partial charge in [-0.3, -0.25) is 4.79 Å². The second-order valence-electron chi connectivity index (χ2n) is 6.38. The number of rotatable bonds is 4. The first kappa shape index (κ1) is 15.6. The molecule has 0 aromatic heterocycles. The maximum absolute atomic E-state index is 12.4. The molecule has 1 amide bonds. The zero-order valence-electron chi connectivity index (χ0n) is 13.9. The number of nitrogens with one attached hydrogen (secondary N) is 2. The molecule has 3 nitrogen and oxygen atoms in total. The maximum Gasteiger partial charge on any atom is 0.246 e. The van der Waals surface area contributed by atoms with Crippen LogP contribution < -0.4 is 10.6 Å². The van der Waals surface area contributed by atoms with E-state index >= 15 is 0 Å². The van der Waals surface area contributed by atoms with Crippen molar-refractivity contribution in [2.45, 2.75) is 45.6 Å². The van der Waals surface area contributed by atoms with E-state index in [0.29, 0.717) is 0 Å². The molecule has 2 aromatic rings. The number of amides is 1. The van der Waals surface area contributed by atoms with E-state index in [0.717, 1.165) is 29.8 Å². The SMILES string of the molecule is Cc1cccc(NC(=O)C(C)Nc2cccc3c2CCCC3)c1. The van der Waals surface area contributed by atoms with Crippen LogP contribution in [0.15, 0.2) is 42.5 Å². The first-order chi connectivity index (χ1) is 11.1. The van der Waals surface area contributed by atoms with Gasteiger partial charge < -0.3 is 10.6 Å². The Kier molecular flexibility index (Phi) is 4.65. The molecule has 1 atom stereocenters. The van der Waals surface area contributed by atoms with Gasteiger partial charge in [0.25, 0.3) is 0 Å². The molecule has 3 rings (SSSR count). The first-order valence-corrected chi connectivity index (χ1v) is 8.38. The van der Waals surface area contributed by atoms with Crippen molar-refractivity contribution in [3.05, 3.63) is 59.2 Å². The normalized spacial score (nSPS) is 14.7. The summed E-state index contributed by atoms with van der Waals surface area (Å²) in [6.45, 7) is 3.93. The fraction of sp³-hybridized carbons (Fsp3) is 0.350. The van der Waals surface area contributed by atoms with Gasteiger partial charge in [-0.05, 0) is 74.4 Å². The van der Waals surface area contributed by atoms with E-state index in [1.165, 1.54) is 24.0 Å². The summed E-state index contributed by atoms with van der Waals surface area (Å²) in [5, 5.41) is 6.37. The molecule has 0 saturated carbocycles. The molecule has 0 aliphatic heterocycles. The van der Waals surface area contributed by atoms with Crippen LogP contribution in [0.2, 0.25) is 0 Å². The number of benzene rings is 2. The molecule has 0 spiro atoms. The Balaban J connectivity index is 1.69. The van der Waals surface area contributed by atoms with Crippen LogP contribution in [-0.2, 0) is 17.6 Å². The summed E-state index contributed by atoms with van der Waals surface area (Å²) >= 11 is 0. The number of aryl methyl sites for hydroxylation is 2. The molecule has 0 bridgehead atoms. The highest BCUT2D eigenvalue weighted by Crippen LogP contribution is 2.28. The van der Waals surface area contributed by atoms with E-state index in [-0.39, 0.29) is 11.9 Å². The average molecular weight is 308 g/mol. The van der Waals surface area contributed by atoms with Gasteiger partial charge in [0.2, 0.25) is 5.91 Å². The number of carbonyl (C=O) groups is 1. The quantitative estimate of drug-likeness (QED) is 0.883. The van der Waals surface area contributed by atoms with Crippen LogP contribution in [0, 0.1) is 6.92 Å². The van der Waals surface area contributed by atoms with E-state index in [1.807, 2.05) is 38.1 Å². The number of carbonyl (C=O) groups excluding carboxylic acids is 1. The van der Waals surface area contributed by atoms with Crippen molar-refractivity contribution in [3.8, 4) is 0 Å². The van der Waals surface area contributed by atoms with Gasteiger partial charge in [-0.15, -0.1) is 0 Å². The van der Waals surface area contributed by atoms with Gasteiger partial charge in [-0.2, -0.15) is 0 Å². The number of hydrogen-bond donors (Lipinski definition) is 2. The Morgan fingerprint density at radius 2 is 1.87 bits per heavy atom. The van der Waals surface area contributed by atoms with Crippen molar-refractivity contribution >= 4 is 17.3 Å². The minimum absolute atomic E-state index is 0.0102. The van der Waals surface area contributed by atoms with Gasteiger partial charge in [-0.1, -0.05) is 24.3 Å². The lowest BCUT2D eigenvalue weighted by Gasteiger charge is -2.22. The summed E-state index contributed by atoms with van der Waals surface area (Å²) in [5.41, 5.74) is 5.90. The molecule has 0 fully saturated rings. The summed E-state index contributed by atoms with van der Waals surface area (Å²) in [5.74, 6) is -0.0102. The summed E-state index contributed by atoms with van der Waals surface area (Å²) in [4.78, 5) is 12.4. The largest absolute Gasteiger partial charge is 0.374 e. The van der Waals surface area contributed by atoms with Gasteiger partial charge in [0.1, 0.15) is 6.04 Å². The molecule has 3 heteroatoms. The molecule has 0 radical (unpaired) electrons. The predicted molar refractivity (Wildman–Crippen MR) is 96.0 cm³/mol. The molecule has 1 aliphatic carbocycles. The molecule has 23 heavy (non-hydrogen) atoms. The third kappa shape index (κ3) is 3.73. The third-order valence-corrected chi connectivity index (χ3v) is 4.45. The topological polar surface area (TPSA) is 41.1 Å². The van der Waals surface area contributed by atoms with Crippen LogP contribution in [0.4, 0.5) is 11.4 Å². The van der Waals surface area contributed by atoms with E-state index < -0.39 is 0 Å². The molecule has 2 N–H and O–H groups in total. The molecule has 1 unspecified atom stereocenters. The average Bonchev–Trinajstić information content (AvgIpc) is 2.55. The lowest BCUT2D eigenvalue weighted by atomic mass is 9.90. The summed E-state index contributed by atoms with van der Waals surface area (Å²) in [6.07, 6.45) is 4.74. The van der Waals surface area contributed by atoms with Crippen LogP contribution in [0.3, 0.4) is 0 Å². The summed E-state index contributed by atoms with van der Waals surface area (Å²) in [7, 11) is 0. The van der Waals surface area contributed by atoms with Crippen LogP contribution >= 0.6 is 0 Å². The van der Waals surface area contributed by atoms with Crippen molar-refractivity contribution in [1.29, 1.82) is 0 Å². The van der Waals surface area contributed by atoms with Gasteiger partial charge >= 0.3 is 0 Å². The number of anilines is 2. The third-order valence-electron chi connectivity index (χ3n) is 4.45. The number of fused-ring (bicyclic) bond motifs is 1. The predicted octanol–water partition coefficient (Wildman–Crippen LogP) is 4.31. The van der Waals surface area contributed by atoms with Crippen molar-refractivity contribution in [2.75, 3.05) is 10.6 Å². The van der Waals surface area contributed by atoms with Crippen molar-refractivity contribution in [3.63, 3.8) is 0 Å². The van der Waals surface area contributed by atoms with E-state index in [4.69, 9.17) is 0 Å². The van der Waals surface area contributed by atoms with E-state index in [1.54, 1.807) is 0 Å². The Labute approximate surface area is 138 Å². The van der Waals surface area contributed by atoms with Crippen LogP contribution in [-0.4, -0.2) is 11.9 Å². The van der Waals surface area contributed by atoms with E-state index in [9.17, 15) is 4.79 Å². The fourth-order valence-corrected chi connectivity index (χ4v) is 3.19. The van der Waals surface area contributed by atoms with Gasteiger partial charge in [-0.25, -0.2) is 0 Å². The van der Waals surface area contributed by atoms with Gasteiger partial charge in [0.05, 0.1) is 0 Å². The summed E-state index contributed by atoms with van der Waals surface area (Å²) in [6, 6.07) is 14.0. The first-order valence-electron chi connectivity index (χ1n) is 8.38. The Morgan fingerprint density at radius 3 is 2.70 bits per heavy atom. The van der Waals surface area contributed by atoms with Gasteiger partial charge in [0.15, 0.2) is 0 Å². The second kappa shape index (κ2) is 6.86. The highest BCUT2D eigenvalue weighted by molar-refractivity contribution is 5.96.